The normalized spacial score (nSPS) is 10.5. The zero-order chi connectivity index (χ0) is 12.5. The lowest BCUT2D eigenvalue weighted by Gasteiger charge is -2.07. The predicted octanol–water partition coefficient (Wildman–Crippen LogP) is 3.16. The predicted molar refractivity (Wildman–Crippen MR) is 68.7 cm³/mol. The maximum absolute atomic E-state index is 13.3. The van der Waals surface area contributed by atoms with Gasteiger partial charge in [-0.3, -0.25) is 0 Å². The van der Waals surface area contributed by atoms with Crippen molar-refractivity contribution in [1.82, 2.24) is 5.32 Å². The van der Waals surface area contributed by atoms with E-state index < -0.39 is 0 Å². The van der Waals surface area contributed by atoms with Crippen molar-refractivity contribution < 1.29 is 9.13 Å². The van der Waals surface area contributed by atoms with Crippen molar-refractivity contribution in [3.05, 3.63) is 47.3 Å². The third kappa shape index (κ3) is 5.82. The van der Waals surface area contributed by atoms with Gasteiger partial charge < -0.3 is 10.1 Å². The summed E-state index contributed by atoms with van der Waals surface area (Å²) in [6.07, 6.45) is 2.66. The van der Waals surface area contributed by atoms with Gasteiger partial charge in [0.1, 0.15) is 5.82 Å². The standard InChI is InChI=1S/C13H17ClFNO/c1-2-3-7-17-8-6-16-10-11-9-12(14)4-5-13(11)15/h2,4-5,9,16H,1,3,6-8,10H2. The fourth-order valence-electron chi connectivity index (χ4n) is 1.31. The number of rotatable bonds is 8. The molecular weight excluding hydrogens is 241 g/mol. The van der Waals surface area contributed by atoms with Gasteiger partial charge in [-0.15, -0.1) is 6.58 Å². The van der Waals surface area contributed by atoms with Gasteiger partial charge in [0.05, 0.1) is 13.2 Å². The number of halogens is 2. The summed E-state index contributed by atoms with van der Waals surface area (Å²) in [5.41, 5.74) is 0.573. The molecule has 94 valence electrons. The second-order valence-electron chi connectivity index (χ2n) is 3.60. The van der Waals surface area contributed by atoms with E-state index in [4.69, 9.17) is 16.3 Å². The van der Waals surface area contributed by atoms with Gasteiger partial charge in [0, 0.05) is 23.7 Å². The smallest absolute Gasteiger partial charge is 0.127 e. The molecule has 0 atom stereocenters. The Morgan fingerprint density at radius 3 is 3.00 bits per heavy atom. The fraction of sp³-hybridized carbons (Fsp3) is 0.385. The molecule has 0 bridgehead atoms. The number of benzene rings is 1. The topological polar surface area (TPSA) is 21.3 Å². The van der Waals surface area contributed by atoms with E-state index in [1.54, 1.807) is 12.1 Å². The van der Waals surface area contributed by atoms with Crippen LogP contribution in [0.1, 0.15) is 12.0 Å². The van der Waals surface area contributed by atoms with E-state index in [1.165, 1.54) is 6.07 Å². The highest BCUT2D eigenvalue weighted by atomic mass is 35.5. The average Bonchev–Trinajstić information content (AvgIpc) is 2.32. The molecule has 0 aliphatic rings. The van der Waals surface area contributed by atoms with Gasteiger partial charge in [0.15, 0.2) is 0 Å². The van der Waals surface area contributed by atoms with E-state index >= 15 is 0 Å². The summed E-state index contributed by atoms with van der Waals surface area (Å²) in [5.74, 6) is -0.241. The lowest BCUT2D eigenvalue weighted by atomic mass is 10.2. The first kappa shape index (κ1) is 14.2. The number of ether oxygens (including phenoxy) is 1. The van der Waals surface area contributed by atoms with Crippen LogP contribution in [0.3, 0.4) is 0 Å². The summed E-state index contributed by atoms with van der Waals surface area (Å²) < 4.78 is 18.6. The molecule has 0 unspecified atom stereocenters. The highest BCUT2D eigenvalue weighted by molar-refractivity contribution is 6.30. The summed E-state index contributed by atoms with van der Waals surface area (Å²) in [5, 5.41) is 3.64. The van der Waals surface area contributed by atoms with Crippen LogP contribution < -0.4 is 5.32 Å². The number of nitrogens with one attached hydrogen (secondary N) is 1. The summed E-state index contributed by atoms with van der Waals surface area (Å²) >= 11 is 5.79. The molecule has 0 aliphatic heterocycles. The van der Waals surface area contributed by atoms with Gasteiger partial charge in [-0.2, -0.15) is 0 Å². The zero-order valence-corrected chi connectivity index (χ0v) is 10.5. The van der Waals surface area contributed by atoms with Gasteiger partial charge in [-0.25, -0.2) is 4.39 Å². The molecule has 0 aromatic heterocycles. The molecule has 0 amide bonds. The second-order valence-corrected chi connectivity index (χ2v) is 4.04. The first-order valence-electron chi connectivity index (χ1n) is 5.57. The van der Waals surface area contributed by atoms with Crippen LogP contribution in [0.2, 0.25) is 5.02 Å². The van der Waals surface area contributed by atoms with Crippen molar-refractivity contribution >= 4 is 11.6 Å². The first-order chi connectivity index (χ1) is 8.24. The number of hydrogen-bond donors (Lipinski definition) is 1. The molecule has 1 aromatic carbocycles. The average molecular weight is 258 g/mol. The maximum atomic E-state index is 13.3. The van der Waals surface area contributed by atoms with Gasteiger partial charge in [-0.1, -0.05) is 17.7 Å². The van der Waals surface area contributed by atoms with Crippen LogP contribution in [-0.4, -0.2) is 19.8 Å². The van der Waals surface area contributed by atoms with Crippen molar-refractivity contribution in [2.45, 2.75) is 13.0 Å². The largest absolute Gasteiger partial charge is 0.380 e. The molecule has 0 aliphatic carbocycles. The minimum absolute atomic E-state index is 0.241. The molecular formula is C13H17ClFNO. The Hall–Kier alpha value is -0.900. The molecule has 0 spiro atoms. The van der Waals surface area contributed by atoms with Crippen molar-refractivity contribution in [2.24, 2.45) is 0 Å². The molecule has 0 saturated heterocycles. The third-order valence-electron chi connectivity index (χ3n) is 2.21. The van der Waals surface area contributed by atoms with Crippen LogP contribution in [0.25, 0.3) is 0 Å². The fourth-order valence-corrected chi connectivity index (χ4v) is 1.51. The molecule has 2 nitrogen and oxygen atoms in total. The van der Waals surface area contributed by atoms with Crippen LogP contribution in [0.15, 0.2) is 30.9 Å². The van der Waals surface area contributed by atoms with Crippen LogP contribution in [0.4, 0.5) is 4.39 Å². The third-order valence-corrected chi connectivity index (χ3v) is 2.45. The highest BCUT2D eigenvalue weighted by Gasteiger charge is 2.01. The molecule has 4 heteroatoms. The monoisotopic (exact) mass is 257 g/mol. The van der Waals surface area contributed by atoms with Crippen molar-refractivity contribution in [3.63, 3.8) is 0 Å². The molecule has 1 aromatic rings. The van der Waals surface area contributed by atoms with E-state index in [-0.39, 0.29) is 5.82 Å². The Bertz CT molecular complexity index is 357. The van der Waals surface area contributed by atoms with Crippen LogP contribution >= 0.6 is 11.6 Å². The van der Waals surface area contributed by atoms with E-state index in [0.717, 1.165) is 6.42 Å². The van der Waals surface area contributed by atoms with E-state index in [0.29, 0.717) is 36.9 Å². The van der Waals surface area contributed by atoms with Crippen molar-refractivity contribution in [1.29, 1.82) is 0 Å². The first-order valence-corrected chi connectivity index (χ1v) is 5.95. The minimum atomic E-state index is -0.241. The van der Waals surface area contributed by atoms with Crippen LogP contribution in [-0.2, 0) is 11.3 Å². The minimum Gasteiger partial charge on any atom is -0.380 e. The van der Waals surface area contributed by atoms with Gasteiger partial charge in [0.2, 0.25) is 0 Å². The van der Waals surface area contributed by atoms with Crippen LogP contribution in [0.5, 0.6) is 0 Å². The van der Waals surface area contributed by atoms with Gasteiger partial charge in [0.25, 0.3) is 0 Å². The lowest BCUT2D eigenvalue weighted by Crippen LogP contribution is -2.20. The quantitative estimate of drug-likeness (QED) is 0.571. The molecule has 0 radical (unpaired) electrons. The van der Waals surface area contributed by atoms with E-state index in [9.17, 15) is 4.39 Å². The van der Waals surface area contributed by atoms with E-state index in [2.05, 4.69) is 11.9 Å². The lowest BCUT2D eigenvalue weighted by molar-refractivity contribution is 0.140. The Labute approximate surface area is 106 Å². The zero-order valence-electron chi connectivity index (χ0n) is 9.72. The summed E-state index contributed by atoms with van der Waals surface area (Å²) in [4.78, 5) is 0. The SMILES string of the molecule is C=CCCOCCNCc1cc(Cl)ccc1F. The maximum Gasteiger partial charge on any atom is 0.127 e. The van der Waals surface area contributed by atoms with Gasteiger partial charge in [-0.05, 0) is 24.6 Å². The van der Waals surface area contributed by atoms with Crippen molar-refractivity contribution in [2.75, 3.05) is 19.8 Å². The molecule has 1 rings (SSSR count). The highest BCUT2D eigenvalue weighted by Crippen LogP contribution is 2.14. The Morgan fingerprint density at radius 2 is 2.24 bits per heavy atom. The summed E-state index contributed by atoms with van der Waals surface area (Å²) in [6.45, 7) is 6.03. The van der Waals surface area contributed by atoms with Crippen molar-refractivity contribution in [3.8, 4) is 0 Å². The summed E-state index contributed by atoms with van der Waals surface area (Å²) in [7, 11) is 0. The molecule has 17 heavy (non-hydrogen) atoms. The Morgan fingerprint density at radius 1 is 1.41 bits per heavy atom. The molecule has 0 saturated carbocycles. The summed E-state index contributed by atoms with van der Waals surface area (Å²) in [6, 6.07) is 4.54. The Balaban J connectivity index is 2.17. The van der Waals surface area contributed by atoms with Gasteiger partial charge >= 0.3 is 0 Å². The van der Waals surface area contributed by atoms with Crippen LogP contribution in [0, 0.1) is 5.82 Å². The Kier molecular flexibility index (Phi) is 6.86. The second kappa shape index (κ2) is 8.23. The van der Waals surface area contributed by atoms with E-state index in [1.807, 2.05) is 6.08 Å². The molecule has 1 N–H and O–H groups in total. The molecule has 0 heterocycles. The molecule has 0 fully saturated rings. The number of hydrogen-bond acceptors (Lipinski definition) is 2.